The number of carbonyl (C=O) groups excluding carboxylic acids is 1. The Morgan fingerprint density at radius 2 is 2.14 bits per heavy atom. The van der Waals surface area contributed by atoms with Gasteiger partial charge < -0.3 is 5.73 Å². The molecular formula is C15H19BrN4O. The second kappa shape index (κ2) is 6.87. The zero-order valence-corrected chi connectivity index (χ0v) is 13.5. The second-order valence-electron chi connectivity index (χ2n) is 4.84. The minimum atomic E-state index is -0.881. The van der Waals surface area contributed by atoms with Gasteiger partial charge in [-0.15, -0.1) is 0 Å². The standard InChI is InChI=1S/C15H19BrN4O/c1-2-18-15(14(17)21,12-6-4-3-5-7-12)8-9-20-11-13(16)10-19-20/h3-7,10-11,18H,2,8-9H2,1H3,(H2,17,21). The molecule has 1 amide bonds. The van der Waals surface area contributed by atoms with Crippen molar-refractivity contribution in [2.75, 3.05) is 6.54 Å². The summed E-state index contributed by atoms with van der Waals surface area (Å²) < 4.78 is 2.71. The summed E-state index contributed by atoms with van der Waals surface area (Å²) in [6.45, 7) is 3.21. The molecule has 21 heavy (non-hydrogen) atoms. The summed E-state index contributed by atoms with van der Waals surface area (Å²) in [4.78, 5) is 12.2. The number of nitrogens with one attached hydrogen (secondary N) is 1. The number of benzene rings is 1. The number of rotatable bonds is 7. The third-order valence-corrected chi connectivity index (χ3v) is 3.89. The highest BCUT2D eigenvalue weighted by Gasteiger charge is 2.37. The smallest absolute Gasteiger partial charge is 0.242 e. The monoisotopic (exact) mass is 350 g/mol. The van der Waals surface area contributed by atoms with Crippen molar-refractivity contribution in [1.29, 1.82) is 0 Å². The molecule has 5 nitrogen and oxygen atoms in total. The summed E-state index contributed by atoms with van der Waals surface area (Å²) in [5.41, 5.74) is 5.72. The zero-order valence-electron chi connectivity index (χ0n) is 11.9. The highest BCUT2D eigenvalue weighted by atomic mass is 79.9. The molecule has 1 heterocycles. The van der Waals surface area contributed by atoms with Crippen LogP contribution in [-0.4, -0.2) is 22.2 Å². The summed E-state index contributed by atoms with van der Waals surface area (Å²) in [6, 6.07) is 9.59. The Balaban J connectivity index is 2.28. The van der Waals surface area contributed by atoms with Crippen molar-refractivity contribution in [2.45, 2.75) is 25.4 Å². The van der Waals surface area contributed by atoms with E-state index in [2.05, 4.69) is 26.3 Å². The molecule has 1 aromatic carbocycles. The van der Waals surface area contributed by atoms with E-state index in [1.807, 2.05) is 43.5 Å². The maximum absolute atomic E-state index is 12.2. The van der Waals surface area contributed by atoms with E-state index >= 15 is 0 Å². The number of aryl methyl sites for hydroxylation is 1. The first kappa shape index (κ1) is 15.7. The molecule has 6 heteroatoms. The topological polar surface area (TPSA) is 72.9 Å². The highest BCUT2D eigenvalue weighted by Crippen LogP contribution is 2.26. The maximum Gasteiger partial charge on any atom is 0.242 e. The van der Waals surface area contributed by atoms with Crippen LogP contribution in [0.5, 0.6) is 0 Å². The van der Waals surface area contributed by atoms with Crippen molar-refractivity contribution in [3.63, 3.8) is 0 Å². The lowest BCUT2D eigenvalue weighted by Gasteiger charge is -2.32. The van der Waals surface area contributed by atoms with E-state index in [0.717, 1.165) is 10.0 Å². The predicted molar refractivity (Wildman–Crippen MR) is 85.5 cm³/mol. The van der Waals surface area contributed by atoms with Crippen molar-refractivity contribution in [3.05, 3.63) is 52.8 Å². The average molecular weight is 351 g/mol. The third-order valence-electron chi connectivity index (χ3n) is 3.48. The number of amides is 1. The van der Waals surface area contributed by atoms with E-state index in [4.69, 9.17) is 5.73 Å². The normalized spacial score (nSPS) is 13.8. The highest BCUT2D eigenvalue weighted by molar-refractivity contribution is 9.10. The van der Waals surface area contributed by atoms with Crippen molar-refractivity contribution in [1.82, 2.24) is 15.1 Å². The summed E-state index contributed by atoms with van der Waals surface area (Å²) >= 11 is 3.37. The number of aromatic nitrogens is 2. The first-order valence-corrected chi connectivity index (χ1v) is 7.66. The molecule has 112 valence electrons. The van der Waals surface area contributed by atoms with Gasteiger partial charge in [0.2, 0.25) is 5.91 Å². The van der Waals surface area contributed by atoms with E-state index in [-0.39, 0.29) is 5.91 Å². The minimum absolute atomic E-state index is 0.373. The number of hydrogen-bond donors (Lipinski definition) is 2. The van der Waals surface area contributed by atoms with Crippen LogP contribution in [0, 0.1) is 0 Å². The van der Waals surface area contributed by atoms with Crippen molar-refractivity contribution in [2.24, 2.45) is 5.73 Å². The van der Waals surface area contributed by atoms with Gasteiger partial charge in [0.15, 0.2) is 0 Å². The summed E-state index contributed by atoms with van der Waals surface area (Å²) in [5, 5.41) is 7.48. The molecule has 1 atom stereocenters. The lowest BCUT2D eigenvalue weighted by Crippen LogP contribution is -2.53. The molecule has 1 unspecified atom stereocenters. The molecule has 0 saturated heterocycles. The molecule has 0 bridgehead atoms. The number of primary amides is 1. The zero-order chi connectivity index (χ0) is 15.3. The first-order chi connectivity index (χ1) is 10.1. The van der Waals surface area contributed by atoms with E-state index in [0.29, 0.717) is 19.5 Å². The fraction of sp³-hybridized carbons (Fsp3) is 0.333. The van der Waals surface area contributed by atoms with E-state index < -0.39 is 5.54 Å². The third kappa shape index (κ3) is 3.51. The van der Waals surface area contributed by atoms with Crippen molar-refractivity contribution < 1.29 is 4.79 Å². The molecule has 2 rings (SSSR count). The molecule has 0 aliphatic rings. The second-order valence-corrected chi connectivity index (χ2v) is 5.75. The molecule has 0 spiro atoms. The molecule has 0 aliphatic carbocycles. The summed E-state index contributed by atoms with van der Waals surface area (Å²) in [6.07, 6.45) is 4.14. The fourth-order valence-corrected chi connectivity index (χ4v) is 2.78. The summed E-state index contributed by atoms with van der Waals surface area (Å²) in [5.74, 6) is -0.373. The minimum Gasteiger partial charge on any atom is -0.368 e. The van der Waals surface area contributed by atoms with Gasteiger partial charge in [0.1, 0.15) is 5.54 Å². The Bertz CT molecular complexity index is 599. The van der Waals surface area contributed by atoms with Crippen LogP contribution in [-0.2, 0) is 16.9 Å². The van der Waals surface area contributed by atoms with Crippen molar-refractivity contribution >= 4 is 21.8 Å². The Morgan fingerprint density at radius 3 is 2.67 bits per heavy atom. The van der Waals surface area contributed by atoms with Crippen LogP contribution in [0.1, 0.15) is 18.9 Å². The molecule has 0 aliphatic heterocycles. The largest absolute Gasteiger partial charge is 0.368 e. The van der Waals surface area contributed by atoms with Gasteiger partial charge in [0, 0.05) is 12.7 Å². The van der Waals surface area contributed by atoms with Gasteiger partial charge in [0.05, 0.1) is 10.7 Å². The van der Waals surface area contributed by atoms with E-state index in [1.165, 1.54) is 0 Å². The number of nitrogens with zero attached hydrogens (tertiary/aromatic N) is 2. The first-order valence-electron chi connectivity index (χ1n) is 6.87. The van der Waals surface area contributed by atoms with Crippen molar-refractivity contribution in [3.8, 4) is 0 Å². The molecule has 0 saturated carbocycles. The van der Waals surface area contributed by atoms with Crippen LogP contribution in [0.4, 0.5) is 0 Å². The predicted octanol–water partition coefficient (Wildman–Crippen LogP) is 2.03. The van der Waals surface area contributed by atoms with Gasteiger partial charge in [-0.05, 0) is 34.5 Å². The van der Waals surface area contributed by atoms with Crippen LogP contribution in [0.2, 0.25) is 0 Å². The van der Waals surface area contributed by atoms with Crippen LogP contribution in [0.15, 0.2) is 47.2 Å². The molecule has 2 aromatic rings. The van der Waals surface area contributed by atoms with E-state index in [1.54, 1.807) is 10.9 Å². The van der Waals surface area contributed by atoms with Crippen LogP contribution in [0.25, 0.3) is 0 Å². The van der Waals surface area contributed by atoms with Crippen LogP contribution in [0.3, 0.4) is 0 Å². The molecule has 1 aromatic heterocycles. The van der Waals surface area contributed by atoms with Gasteiger partial charge >= 0.3 is 0 Å². The maximum atomic E-state index is 12.2. The number of nitrogens with two attached hydrogens (primary N) is 1. The van der Waals surface area contributed by atoms with E-state index in [9.17, 15) is 4.79 Å². The number of likely N-dealkylation sites (N-methyl/N-ethyl adjacent to an activating group) is 1. The number of hydrogen-bond acceptors (Lipinski definition) is 3. The van der Waals surface area contributed by atoms with Crippen LogP contribution < -0.4 is 11.1 Å². The quantitative estimate of drug-likeness (QED) is 0.802. The Labute approximate surface area is 132 Å². The Hall–Kier alpha value is -1.66. The average Bonchev–Trinajstić information content (AvgIpc) is 2.90. The fourth-order valence-electron chi connectivity index (χ4n) is 2.45. The molecule has 0 radical (unpaired) electrons. The Morgan fingerprint density at radius 1 is 1.43 bits per heavy atom. The molecule has 0 fully saturated rings. The van der Waals surface area contributed by atoms with Gasteiger partial charge in [-0.2, -0.15) is 5.10 Å². The summed E-state index contributed by atoms with van der Waals surface area (Å²) in [7, 11) is 0. The lowest BCUT2D eigenvalue weighted by atomic mass is 9.85. The van der Waals surface area contributed by atoms with Gasteiger partial charge in [-0.3, -0.25) is 14.8 Å². The van der Waals surface area contributed by atoms with Gasteiger partial charge in [-0.1, -0.05) is 37.3 Å². The van der Waals surface area contributed by atoms with Gasteiger partial charge in [0.25, 0.3) is 0 Å². The molecule has 3 N–H and O–H groups in total. The number of halogens is 1. The SMILES string of the molecule is CCNC(CCn1cc(Br)cn1)(C(N)=O)c1ccccc1. The van der Waals surface area contributed by atoms with Crippen LogP contribution >= 0.6 is 15.9 Å². The lowest BCUT2D eigenvalue weighted by molar-refractivity contribution is -0.125. The Kier molecular flexibility index (Phi) is 5.14. The number of carbonyl (C=O) groups is 1. The molecular weight excluding hydrogens is 332 g/mol. The van der Waals surface area contributed by atoms with Gasteiger partial charge in [-0.25, -0.2) is 0 Å².